The predicted molar refractivity (Wildman–Crippen MR) is 60.9 cm³/mol. The monoisotopic (exact) mass is 232 g/mol. The fraction of sp³-hybridized carbons (Fsp3) is 1.00. The lowest BCUT2D eigenvalue weighted by Gasteiger charge is -2.52. The van der Waals surface area contributed by atoms with E-state index in [1.165, 1.54) is 0 Å². The summed E-state index contributed by atoms with van der Waals surface area (Å²) in [4.78, 5) is 4.64. The maximum absolute atomic E-state index is 13.0. The molecule has 0 aromatic heterocycles. The van der Waals surface area contributed by atoms with Crippen LogP contribution in [-0.4, -0.2) is 53.5 Å². The third kappa shape index (κ3) is 2.54. The number of nitrogens with zero attached hydrogens (tertiary/aromatic N) is 2. The molecule has 0 amide bonds. The van der Waals surface area contributed by atoms with E-state index in [4.69, 9.17) is 0 Å². The molecule has 0 spiro atoms. The maximum atomic E-state index is 13.0. The molecule has 2 rings (SSSR count). The molecule has 0 aliphatic carbocycles. The minimum absolute atomic E-state index is 0.0407. The number of likely N-dealkylation sites (tertiary alicyclic amines) is 2. The van der Waals surface area contributed by atoms with E-state index in [9.17, 15) is 8.78 Å². The average molecular weight is 232 g/mol. The van der Waals surface area contributed by atoms with Gasteiger partial charge in [-0.3, -0.25) is 9.80 Å². The van der Waals surface area contributed by atoms with Crippen molar-refractivity contribution in [3.05, 3.63) is 0 Å². The predicted octanol–water partition coefficient (Wildman–Crippen LogP) is 2.20. The van der Waals surface area contributed by atoms with Gasteiger partial charge in [0.15, 0.2) is 0 Å². The molecule has 0 aromatic rings. The summed E-state index contributed by atoms with van der Waals surface area (Å²) in [5, 5.41) is 0. The van der Waals surface area contributed by atoms with Gasteiger partial charge in [0.05, 0.1) is 0 Å². The quantitative estimate of drug-likeness (QED) is 0.684. The number of alkyl halides is 2. The second kappa shape index (κ2) is 3.91. The van der Waals surface area contributed by atoms with Crippen molar-refractivity contribution in [2.75, 3.05) is 26.2 Å². The van der Waals surface area contributed by atoms with Crippen molar-refractivity contribution in [2.45, 2.75) is 51.1 Å². The topological polar surface area (TPSA) is 6.48 Å². The molecular formula is C12H22F2N2. The highest BCUT2D eigenvalue weighted by atomic mass is 19.3. The molecule has 0 unspecified atom stereocenters. The summed E-state index contributed by atoms with van der Waals surface area (Å²) in [5.41, 5.74) is 0.218. The molecule has 0 bridgehead atoms. The van der Waals surface area contributed by atoms with Gasteiger partial charge in [-0.1, -0.05) is 0 Å². The van der Waals surface area contributed by atoms with Crippen LogP contribution in [0.1, 0.15) is 33.6 Å². The first-order chi connectivity index (χ1) is 7.28. The first-order valence-corrected chi connectivity index (χ1v) is 6.15. The Kier molecular flexibility index (Phi) is 2.99. The summed E-state index contributed by atoms with van der Waals surface area (Å²) in [7, 11) is 0. The third-order valence-electron chi connectivity index (χ3n) is 3.86. The Morgan fingerprint density at radius 1 is 1.06 bits per heavy atom. The van der Waals surface area contributed by atoms with E-state index in [-0.39, 0.29) is 18.4 Å². The van der Waals surface area contributed by atoms with Crippen molar-refractivity contribution in [3.63, 3.8) is 0 Å². The van der Waals surface area contributed by atoms with E-state index in [1.807, 2.05) is 0 Å². The highest BCUT2D eigenvalue weighted by Gasteiger charge is 2.41. The zero-order chi connectivity index (χ0) is 12.0. The van der Waals surface area contributed by atoms with Crippen LogP contribution in [0.2, 0.25) is 0 Å². The lowest BCUT2D eigenvalue weighted by Crippen LogP contribution is -2.65. The van der Waals surface area contributed by atoms with E-state index in [0.717, 1.165) is 13.1 Å². The summed E-state index contributed by atoms with van der Waals surface area (Å²) in [6.07, 6.45) is 0.0814. The van der Waals surface area contributed by atoms with E-state index < -0.39 is 5.92 Å². The largest absolute Gasteiger partial charge is 0.297 e. The zero-order valence-electron chi connectivity index (χ0n) is 10.5. The van der Waals surface area contributed by atoms with Crippen molar-refractivity contribution in [1.82, 2.24) is 9.80 Å². The van der Waals surface area contributed by atoms with Crippen LogP contribution < -0.4 is 0 Å². The second-order valence-corrected chi connectivity index (χ2v) is 6.12. The molecule has 2 fully saturated rings. The highest BCUT2D eigenvalue weighted by Crippen LogP contribution is 2.31. The Balaban J connectivity index is 1.77. The van der Waals surface area contributed by atoms with Crippen LogP contribution in [0.3, 0.4) is 0 Å². The molecular weight excluding hydrogens is 210 g/mol. The minimum atomic E-state index is -2.41. The molecule has 2 saturated heterocycles. The molecule has 0 saturated carbocycles. The summed E-state index contributed by atoms with van der Waals surface area (Å²) in [6, 6.07) is 0.510. The molecule has 2 aliphatic heterocycles. The summed E-state index contributed by atoms with van der Waals surface area (Å²) in [6.45, 7) is 9.81. The van der Waals surface area contributed by atoms with Gasteiger partial charge >= 0.3 is 0 Å². The SMILES string of the molecule is CC(C)(C)N1CC(N2CCC(F)(F)CC2)C1. The molecule has 4 heteroatoms. The van der Waals surface area contributed by atoms with Gasteiger partial charge in [-0.25, -0.2) is 8.78 Å². The molecule has 0 N–H and O–H groups in total. The van der Waals surface area contributed by atoms with Crippen LogP contribution in [0, 0.1) is 0 Å². The summed E-state index contributed by atoms with van der Waals surface area (Å²) >= 11 is 0. The molecule has 0 atom stereocenters. The van der Waals surface area contributed by atoms with Crippen molar-refractivity contribution in [3.8, 4) is 0 Å². The van der Waals surface area contributed by atoms with Crippen LogP contribution in [0.15, 0.2) is 0 Å². The Bertz CT molecular complexity index is 244. The Labute approximate surface area is 96.6 Å². The van der Waals surface area contributed by atoms with E-state index in [0.29, 0.717) is 19.1 Å². The van der Waals surface area contributed by atoms with Crippen LogP contribution in [-0.2, 0) is 0 Å². The van der Waals surface area contributed by atoms with Crippen LogP contribution in [0.25, 0.3) is 0 Å². The van der Waals surface area contributed by atoms with Gasteiger partial charge in [0.2, 0.25) is 0 Å². The van der Waals surface area contributed by atoms with Gasteiger partial charge in [0.25, 0.3) is 5.92 Å². The number of rotatable bonds is 1. The lowest BCUT2D eigenvalue weighted by molar-refractivity contribution is -0.0909. The molecule has 0 radical (unpaired) electrons. The molecule has 16 heavy (non-hydrogen) atoms. The Morgan fingerprint density at radius 2 is 1.56 bits per heavy atom. The Morgan fingerprint density at radius 3 is 2.00 bits per heavy atom. The smallest absolute Gasteiger partial charge is 0.250 e. The number of halogens is 2. The number of piperidine rings is 1. The van der Waals surface area contributed by atoms with Crippen LogP contribution in [0.5, 0.6) is 0 Å². The molecule has 0 aromatic carbocycles. The van der Waals surface area contributed by atoms with Crippen molar-refractivity contribution in [1.29, 1.82) is 0 Å². The van der Waals surface area contributed by atoms with Gasteiger partial charge in [-0.2, -0.15) is 0 Å². The maximum Gasteiger partial charge on any atom is 0.250 e. The fourth-order valence-corrected chi connectivity index (χ4v) is 2.45. The average Bonchev–Trinajstić information content (AvgIpc) is 2.02. The number of hydrogen-bond acceptors (Lipinski definition) is 2. The van der Waals surface area contributed by atoms with Crippen molar-refractivity contribution >= 4 is 0 Å². The minimum Gasteiger partial charge on any atom is -0.297 e. The molecule has 94 valence electrons. The van der Waals surface area contributed by atoms with E-state index in [2.05, 4.69) is 30.6 Å². The zero-order valence-corrected chi connectivity index (χ0v) is 10.5. The van der Waals surface area contributed by atoms with Crippen molar-refractivity contribution in [2.24, 2.45) is 0 Å². The van der Waals surface area contributed by atoms with Crippen molar-refractivity contribution < 1.29 is 8.78 Å². The second-order valence-electron chi connectivity index (χ2n) is 6.12. The third-order valence-corrected chi connectivity index (χ3v) is 3.86. The van der Waals surface area contributed by atoms with Gasteiger partial charge in [-0.15, -0.1) is 0 Å². The van der Waals surface area contributed by atoms with E-state index in [1.54, 1.807) is 0 Å². The first-order valence-electron chi connectivity index (χ1n) is 6.15. The standard InChI is InChI=1S/C12H22F2N2/c1-11(2,3)16-8-10(9-16)15-6-4-12(13,14)5-7-15/h10H,4-9H2,1-3H3. The van der Waals surface area contributed by atoms with Crippen LogP contribution >= 0.6 is 0 Å². The molecule has 2 nitrogen and oxygen atoms in total. The highest BCUT2D eigenvalue weighted by molar-refractivity contribution is 4.95. The lowest BCUT2D eigenvalue weighted by atomic mass is 9.95. The normalized spacial score (nSPS) is 29.1. The van der Waals surface area contributed by atoms with Gasteiger partial charge in [-0.05, 0) is 20.8 Å². The van der Waals surface area contributed by atoms with Gasteiger partial charge < -0.3 is 0 Å². The number of hydrogen-bond donors (Lipinski definition) is 0. The fourth-order valence-electron chi connectivity index (χ4n) is 2.45. The summed E-state index contributed by atoms with van der Waals surface area (Å²) in [5.74, 6) is -2.41. The van der Waals surface area contributed by atoms with Gasteiger partial charge in [0.1, 0.15) is 0 Å². The summed E-state index contributed by atoms with van der Waals surface area (Å²) < 4.78 is 26.0. The van der Waals surface area contributed by atoms with Gasteiger partial charge in [0, 0.05) is 50.6 Å². The molecule has 2 aliphatic rings. The first kappa shape index (κ1) is 12.2. The Hall–Kier alpha value is -0.220. The molecule has 2 heterocycles. The van der Waals surface area contributed by atoms with E-state index >= 15 is 0 Å². The van der Waals surface area contributed by atoms with Crippen LogP contribution in [0.4, 0.5) is 8.78 Å².